The Labute approximate surface area is 254 Å². The van der Waals surface area contributed by atoms with Crippen molar-refractivity contribution < 1.29 is 31.1 Å². The maximum Gasteiger partial charge on any atom is 0.0786 e. The van der Waals surface area contributed by atoms with Gasteiger partial charge in [-0.2, -0.15) is 0 Å². The first kappa shape index (κ1) is 45.4. The van der Waals surface area contributed by atoms with Gasteiger partial charge in [0.25, 0.3) is 0 Å². The molecule has 0 saturated heterocycles. The Bertz CT molecular complexity index is 295. The summed E-state index contributed by atoms with van der Waals surface area (Å²) in [7, 11) is 0. The number of hydrogen-bond acceptors (Lipinski definition) is 1. The van der Waals surface area contributed by atoms with Crippen LogP contribution in [0.2, 0.25) is 0 Å². The molecule has 0 aliphatic heterocycles. The molecule has 4 heteroatoms. The van der Waals surface area contributed by atoms with Gasteiger partial charge in [-0.3, -0.25) is 0 Å². The Morgan fingerprint density at radius 1 is 0.316 bits per heavy atom. The third-order valence-electron chi connectivity index (χ3n) is 7.89. The molecule has 0 radical (unpaired) electrons. The summed E-state index contributed by atoms with van der Waals surface area (Å²) < 4.78 is 2.84. The molecule has 0 spiro atoms. The van der Waals surface area contributed by atoms with Crippen LogP contribution in [0.5, 0.6) is 0 Å². The average molecular weight is 610 g/mol. The molecule has 0 aromatic carbocycles. The lowest BCUT2D eigenvalue weighted by Crippen LogP contribution is -3.00. The predicted molar refractivity (Wildman–Crippen MR) is 169 cm³/mol. The van der Waals surface area contributed by atoms with Gasteiger partial charge in [0, 0.05) is 0 Å². The van der Waals surface area contributed by atoms with Gasteiger partial charge in [-0.15, -0.1) is 6.61 Å². The van der Waals surface area contributed by atoms with Crippen molar-refractivity contribution >= 4 is 0 Å². The number of rotatable bonds is 24. The minimum Gasteiger partial charge on any atom is -1.00 e. The molecule has 38 heavy (non-hydrogen) atoms. The van der Waals surface area contributed by atoms with E-state index in [0.29, 0.717) is 0 Å². The largest absolute Gasteiger partial charge is 1.00 e. The Balaban J connectivity index is -0.000000269. The predicted octanol–water partition coefficient (Wildman–Crippen LogP) is 6.38. The van der Waals surface area contributed by atoms with Crippen LogP contribution < -0.4 is 22.1 Å². The van der Waals surface area contributed by atoms with E-state index >= 15 is 0 Å². The lowest BCUT2D eigenvalue weighted by atomic mass is 10.1. The third-order valence-corrected chi connectivity index (χ3v) is 7.89. The summed E-state index contributed by atoms with van der Waals surface area (Å²) in [6.45, 7) is 31.6. The standard InChI is InChI=1S/2C16H36N.C2H5O.BrH/c2*1-5-9-13-17(14-10-6-2,15-11-7-3)16-12-8-4;1-2-3;/h2*5-16H2,1-4H3;2H2,1H3;1H/q2*+1;-1;/p-1. The van der Waals surface area contributed by atoms with E-state index in [4.69, 9.17) is 5.11 Å². The average Bonchev–Trinajstić information content (AvgIpc) is 2.92. The quantitative estimate of drug-likeness (QED) is 0.117. The number of nitrogens with zero attached hydrogens (tertiary/aromatic N) is 2. The molecule has 0 rings (SSSR count). The monoisotopic (exact) mass is 609 g/mol. The van der Waals surface area contributed by atoms with E-state index in [0.717, 1.165) is 0 Å². The molecule has 0 aliphatic rings. The van der Waals surface area contributed by atoms with Crippen LogP contribution in [0.1, 0.15) is 165 Å². The second-order valence-electron chi connectivity index (χ2n) is 11.6. The number of quaternary nitrogens is 2. The molecule has 0 N–H and O–H groups in total. The fourth-order valence-electron chi connectivity index (χ4n) is 5.29. The van der Waals surface area contributed by atoms with E-state index in [1.807, 2.05) is 0 Å². The molecule has 3 nitrogen and oxygen atoms in total. The summed E-state index contributed by atoms with van der Waals surface area (Å²) in [6.07, 6.45) is 22.1. The lowest BCUT2D eigenvalue weighted by Gasteiger charge is -2.39. The molecule has 0 saturated carbocycles. The van der Waals surface area contributed by atoms with Crippen molar-refractivity contribution in [2.24, 2.45) is 0 Å². The molecule has 0 aromatic heterocycles. The van der Waals surface area contributed by atoms with Gasteiger partial charge >= 0.3 is 0 Å². The van der Waals surface area contributed by atoms with Gasteiger partial charge in [-0.05, 0) is 51.4 Å². The fraction of sp³-hybridized carbons (Fsp3) is 1.00. The maximum absolute atomic E-state index is 8.93. The highest BCUT2D eigenvalue weighted by Crippen LogP contribution is 2.17. The molecule has 0 amide bonds. The Kier molecular flexibility index (Phi) is 42.2. The smallest absolute Gasteiger partial charge is 0.0786 e. The number of unbranched alkanes of at least 4 members (excludes halogenated alkanes) is 8. The van der Waals surface area contributed by atoms with Crippen molar-refractivity contribution in [1.82, 2.24) is 0 Å². The van der Waals surface area contributed by atoms with Crippen molar-refractivity contribution in [2.45, 2.75) is 165 Å². The molecular formula is C34H77BrN2O. The van der Waals surface area contributed by atoms with Gasteiger partial charge in [-0.1, -0.05) is 114 Å². The molecule has 0 aliphatic carbocycles. The highest BCUT2D eigenvalue weighted by molar-refractivity contribution is 4.50. The minimum absolute atomic E-state index is 0. The normalized spacial score (nSPS) is 11.2. The number of hydrogen-bond donors (Lipinski definition) is 0. The van der Waals surface area contributed by atoms with Gasteiger partial charge in [-0.25, -0.2) is 0 Å². The van der Waals surface area contributed by atoms with Crippen molar-refractivity contribution in [3.05, 3.63) is 0 Å². The summed E-state index contributed by atoms with van der Waals surface area (Å²) >= 11 is 0. The molecule has 236 valence electrons. The van der Waals surface area contributed by atoms with Crippen LogP contribution in [0.25, 0.3) is 0 Å². The molecule has 0 bridgehead atoms. The molecule has 0 heterocycles. The van der Waals surface area contributed by atoms with Crippen LogP contribution in [0.3, 0.4) is 0 Å². The summed E-state index contributed by atoms with van der Waals surface area (Å²) in [4.78, 5) is 0. The second-order valence-corrected chi connectivity index (χ2v) is 11.6. The van der Waals surface area contributed by atoms with Gasteiger partial charge in [0.2, 0.25) is 0 Å². The SMILES string of the molecule is CCCC[N+](CCCC)(CCCC)CCCC.CCCC[N+](CCCC)(CCCC)CCCC.CC[O-].[Br-]. The van der Waals surface area contributed by atoms with Gasteiger partial charge in [0.05, 0.1) is 52.4 Å². The second kappa shape index (κ2) is 35.4. The zero-order valence-electron chi connectivity index (χ0n) is 28.4. The van der Waals surface area contributed by atoms with E-state index in [1.54, 1.807) is 6.92 Å². The van der Waals surface area contributed by atoms with Crippen molar-refractivity contribution in [3.63, 3.8) is 0 Å². The van der Waals surface area contributed by atoms with E-state index in [-0.39, 0.29) is 23.6 Å². The first-order valence-electron chi connectivity index (χ1n) is 17.2. The summed E-state index contributed by atoms with van der Waals surface area (Å²) in [5.74, 6) is 0. The molecular weight excluding hydrogens is 532 g/mol. The minimum atomic E-state index is 0. The van der Waals surface area contributed by atoms with E-state index < -0.39 is 0 Å². The highest BCUT2D eigenvalue weighted by Gasteiger charge is 2.25. The van der Waals surface area contributed by atoms with Crippen LogP contribution in [-0.4, -0.2) is 67.9 Å². The van der Waals surface area contributed by atoms with Crippen molar-refractivity contribution in [2.75, 3.05) is 59.0 Å². The highest BCUT2D eigenvalue weighted by atomic mass is 79.9. The first-order valence-corrected chi connectivity index (χ1v) is 17.2. The van der Waals surface area contributed by atoms with Crippen LogP contribution >= 0.6 is 0 Å². The van der Waals surface area contributed by atoms with Crippen molar-refractivity contribution in [3.8, 4) is 0 Å². The molecule has 0 aromatic rings. The lowest BCUT2D eigenvalue weighted by molar-refractivity contribution is -0.929. The van der Waals surface area contributed by atoms with E-state index in [1.165, 1.54) is 164 Å². The van der Waals surface area contributed by atoms with Gasteiger partial charge < -0.3 is 31.1 Å². The number of halogens is 1. The molecule has 0 fully saturated rings. The van der Waals surface area contributed by atoms with Crippen molar-refractivity contribution in [1.29, 1.82) is 0 Å². The van der Waals surface area contributed by atoms with Gasteiger partial charge in [0.15, 0.2) is 0 Å². The zero-order valence-corrected chi connectivity index (χ0v) is 29.9. The maximum atomic E-state index is 8.93. The summed E-state index contributed by atoms with van der Waals surface area (Å²) in [5.41, 5.74) is 0. The fourth-order valence-corrected chi connectivity index (χ4v) is 5.29. The topological polar surface area (TPSA) is 23.1 Å². The van der Waals surface area contributed by atoms with E-state index in [2.05, 4.69) is 55.4 Å². The van der Waals surface area contributed by atoms with Crippen LogP contribution in [0.15, 0.2) is 0 Å². The van der Waals surface area contributed by atoms with Crippen LogP contribution in [0.4, 0.5) is 0 Å². The van der Waals surface area contributed by atoms with Crippen LogP contribution in [0, 0.1) is 0 Å². The first-order chi connectivity index (χ1) is 17.9. The Morgan fingerprint density at radius 2 is 0.421 bits per heavy atom. The molecule has 0 atom stereocenters. The Morgan fingerprint density at radius 3 is 0.500 bits per heavy atom. The summed E-state index contributed by atoms with van der Waals surface area (Å²) in [5, 5.41) is 8.93. The zero-order chi connectivity index (χ0) is 28.7. The molecule has 0 unspecified atom stereocenters. The van der Waals surface area contributed by atoms with Gasteiger partial charge in [0.1, 0.15) is 0 Å². The third kappa shape index (κ3) is 27.9. The van der Waals surface area contributed by atoms with E-state index in [9.17, 15) is 0 Å². The Hall–Kier alpha value is 0.360. The van der Waals surface area contributed by atoms with Crippen LogP contribution in [-0.2, 0) is 0 Å². The summed E-state index contributed by atoms with van der Waals surface area (Å²) in [6, 6.07) is 0.